The quantitative estimate of drug-likeness (QED) is 0.699. The number of benzene rings is 1. The first kappa shape index (κ1) is 10.5. The summed E-state index contributed by atoms with van der Waals surface area (Å²) in [6.45, 7) is 0.435. The van der Waals surface area contributed by atoms with Crippen LogP contribution in [0.2, 0.25) is 0 Å². The summed E-state index contributed by atoms with van der Waals surface area (Å²) in [7, 11) is 0. The molecular weight excluding hydrogens is 190 g/mol. The molecule has 0 saturated carbocycles. The van der Waals surface area contributed by atoms with Crippen LogP contribution in [0.15, 0.2) is 12.1 Å². The topological polar surface area (TPSA) is 66.5 Å². The van der Waals surface area contributed by atoms with Crippen LogP contribution in [0.25, 0.3) is 0 Å². The molecule has 1 unspecified atom stereocenters. The lowest BCUT2D eigenvalue weighted by atomic mass is 9.96. The van der Waals surface area contributed by atoms with E-state index in [0.717, 1.165) is 24.8 Å². The highest BCUT2D eigenvalue weighted by Crippen LogP contribution is 2.36. The third kappa shape index (κ3) is 1.85. The molecule has 1 aromatic rings. The molecule has 0 amide bonds. The predicted octanol–water partition coefficient (Wildman–Crippen LogP) is 1.26. The van der Waals surface area contributed by atoms with Gasteiger partial charge in [-0.25, -0.2) is 0 Å². The number of phenolic OH excluding ortho intramolecular Hbond substituents is 1. The minimum absolute atomic E-state index is 0.205. The minimum Gasteiger partial charge on any atom is -0.508 e. The Hall–Kier alpha value is -1.06. The SMILES string of the molecule is NCCC(O)c1c(O)ccc2c1CCC2. The van der Waals surface area contributed by atoms with Crippen LogP contribution in [0.4, 0.5) is 0 Å². The average molecular weight is 207 g/mol. The van der Waals surface area contributed by atoms with E-state index >= 15 is 0 Å². The summed E-state index contributed by atoms with van der Waals surface area (Å²) in [5.74, 6) is 0.205. The van der Waals surface area contributed by atoms with E-state index < -0.39 is 6.10 Å². The molecule has 1 aliphatic rings. The fraction of sp³-hybridized carbons (Fsp3) is 0.500. The van der Waals surface area contributed by atoms with E-state index in [4.69, 9.17) is 5.73 Å². The molecule has 0 heterocycles. The second kappa shape index (κ2) is 4.21. The van der Waals surface area contributed by atoms with Crippen molar-refractivity contribution < 1.29 is 10.2 Å². The fourth-order valence-corrected chi connectivity index (χ4v) is 2.36. The van der Waals surface area contributed by atoms with Crippen LogP contribution < -0.4 is 5.73 Å². The zero-order chi connectivity index (χ0) is 10.8. The van der Waals surface area contributed by atoms with E-state index in [0.29, 0.717) is 18.5 Å². The molecule has 3 nitrogen and oxygen atoms in total. The molecular formula is C12H17NO2. The first-order valence-corrected chi connectivity index (χ1v) is 5.45. The molecule has 3 heteroatoms. The van der Waals surface area contributed by atoms with Gasteiger partial charge < -0.3 is 15.9 Å². The molecule has 1 aliphatic carbocycles. The number of aryl methyl sites for hydroxylation is 1. The number of hydrogen-bond donors (Lipinski definition) is 3. The number of hydrogen-bond acceptors (Lipinski definition) is 3. The largest absolute Gasteiger partial charge is 0.508 e. The highest BCUT2D eigenvalue weighted by molar-refractivity contribution is 5.47. The third-order valence-corrected chi connectivity index (χ3v) is 3.08. The number of nitrogens with two attached hydrogens (primary N) is 1. The van der Waals surface area contributed by atoms with E-state index in [-0.39, 0.29) is 5.75 Å². The van der Waals surface area contributed by atoms with E-state index in [1.165, 1.54) is 5.56 Å². The van der Waals surface area contributed by atoms with Crippen molar-refractivity contribution in [1.29, 1.82) is 0 Å². The van der Waals surface area contributed by atoms with Crippen LogP contribution in [0, 0.1) is 0 Å². The van der Waals surface area contributed by atoms with Gasteiger partial charge in [-0.05, 0) is 49.4 Å². The molecule has 0 bridgehead atoms. The number of aliphatic hydroxyl groups excluding tert-OH is 1. The standard InChI is InChI=1S/C12H17NO2/c13-7-6-11(15)12-9-3-1-2-8(9)4-5-10(12)14/h4-5,11,14-15H,1-3,6-7,13H2. The highest BCUT2D eigenvalue weighted by atomic mass is 16.3. The van der Waals surface area contributed by atoms with Crippen LogP contribution in [0.3, 0.4) is 0 Å². The van der Waals surface area contributed by atoms with E-state index in [1.807, 2.05) is 6.07 Å². The van der Waals surface area contributed by atoms with Crippen molar-refractivity contribution in [2.24, 2.45) is 5.73 Å². The maximum atomic E-state index is 9.93. The summed E-state index contributed by atoms with van der Waals surface area (Å²) in [4.78, 5) is 0. The molecule has 0 spiro atoms. The molecule has 1 atom stereocenters. The van der Waals surface area contributed by atoms with E-state index in [2.05, 4.69) is 0 Å². The number of aliphatic hydroxyl groups is 1. The van der Waals surface area contributed by atoms with Gasteiger partial charge in [0.15, 0.2) is 0 Å². The van der Waals surface area contributed by atoms with Crippen molar-refractivity contribution >= 4 is 0 Å². The third-order valence-electron chi connectivity index (χ3n) is 3.08. The summed E-state index contributed by atoms with van der Waals surface area (Å²) in [5.41, 5.74) is 8.52. The minimum atomic E-state index is -0.622. The van der Waals surface area contributed by atoms with Gasteiger partial charge in [-0.15, -0.1) is 0 Å². The maximum absolute atomic E-state index is 9.93. The van der Waals surface area contributed by atoms with Gasteiger partial charge in [-0.3, -0.25) is 0 Å². The Bertz CT molecular complexity index is 363. The first-order valence-electron chi connectivity index (χ1n) is 5.45. The van der Waals surface area contributed by atoms with Gasteiger partial charge in [0.1, 0.15) is 5.75 Å². The molecule has 4 N–H and O–H groups in total. The summed E-state index contributed by atoms with van der Waals surface area (Å²) in [6, 6.07) is 3.63. The lowest BCUT2D eigenvalue weighted by Gasteiger charge is -2.16. The Labute approximate surface area is 89.5 Å². The van der Waals surface area contributed by atoms with Crippen LogP contribution >= 0.6 is 0 Å². The smallest absolute Gasteiger partial charge is 0.121 e. The van der Waals surface area contributed by atoms with Crippen molar-refractivity contribution in [2.75, 3.05) is 6.54 Å². The number of aromatic hydroxyl groups is 1. The van der Waals surface area contributed by atoms with Crippen molar-refractivity contribution in [2.45, 2.75) is 31.8 Å². The lowest BCUT2D eigenvalue weighted by Crippen LogP contribution is -2.09. The second-order valence-electron chi connectivity index (χ2n) is 4.08. The Morgan fingerprint density at radius 1 is 1.33 bits per heavy atom. The van der Waals surface area contributed by atoms with Crippen LogP contribution in [-0.2, 0) is 12.8 Å². The van der Waals surface area contributed by atoms with Crippen molar-refractivity contribution in [1.82, 2.24) is 0 Å². The highest BCUT2D eigenvalue weighted by Gasteiger charge is 2.22. The maximum Gasteiger partial charge on any atom is 0.121 e. The molecule has 2 rings (SSSR count). The molecule has 15 heavy (non-hydrogen) atoms. The number of fused-ring (bicyclic) bond motifs is 1. The van der Waals surface area contributed by atoms with Gasteiger partial charge in [-0.1, -0.05) is 6.07 Å². The normalized spacial score (nSPS) is 16.4. The van der Waals surface area contributed by atoms with Crippen LogP contribution in [0.5, 0.6) is 5.75 Å². The van der Waals surface area contributed by atoms with Crippen molar-refractivity contribution in [3.63, 3.8) is 0 Å². The molecule has 0 fully saturated rings. The predicted molar refractivity (Wildman–Crippen MR) is 58.8 cm³/mol. The zero-order valence-electron chi connectivity index (χ0n) is 8.74. The zero-order valence-corrected chi connectivity index (χ0v) is 8.74. The van der Waals surface area contributed by atoms with Gasteiger partial charge in [0.2, 0.25) is 0 Å². The Morgan fingerprint density at radius 3 is 2.87 bits per heavy atom. The number of rotatable bonds is 3. The molecule has 0 radical (unpaired) electrons. The van der Waals surface area contributed by atoms with Crippen LogP contribution in [0.1, 0.15) is 35.6 Å². The van der Waals surface area contributed by atoms with Crippen molar-refractivity contribution in [3.8, 4) is 5.75 Å². The summed E-state index contributed by atoms with van der Waals surface area (Å²) < 4.78 is 0. The summed E-state index contributed by atoms with van der Waals surface area (Å²) >= 11 is 0. The number of phenols is 1. The Kier molecular flexibility index (Phi) is 2.93. The summed E-state index contributed by atoms with van der Waals surface area (Å²) in [6.07, 6.45) is 3.01. The van der Waals surface area contributed by atoms with Crippen molar-refractivity contribution in [3.05, 3.63) is 28.8 Å². The monoisotopic (exact) mass is 207 g/mol. The summed E-state index contributed by atoms with van der Waals surface area (Å²) in [5, 5.41) is 19.7. The first-order chi connectivity index (χ1) is 7.24. The van der Waals surface area contributed by atoms with Gasteiger partial charge in [0.05, 0.1) is 6.10 Å². The molecule has 82 valence electrons. The van der Waals surface area contributed by atoms with E-state index in [1.54, 1.807) is 6.07 Å². The van der Waals surface area contributed by atoms with Gasteiger partial charge in [0, 0.05) is 5.56 Å². The van der Waals surface area contributed by atoms with Crippen LogP contribution in [-0.4, -0.2) is 16.8 Å². The van der Waals surface area contributed by atoms with E-state index in [9.17, 15) is 10.2 Å². The molecule has 0 saturated heterocycles. The fourth-order valence-electron chi connectivity index (χ4n) is 2.36. The molecule has 0 aromatic heterocycles. The van der Waals surface area contributed by atoms with Gasteiger partial charge in [0.25, 0.3) is 0 Å². The van der Waals surface area contributed by atoms with Gasteiger partial charge >= 0.3 is 0 Å². The lowest BCUT2D eigenvalue weighted by molar-refractivity contribution is 0.165. The molecule has 0 aliphatic heterocycles. The Morgan fingerprint density at radius 2 is 2.13 bits per heavy atom. The molecule has 1 aromatic carbocycles. The second-order valence-corrected chi connectivity index (χ2v) is 4.08. The van der Waals surface area contributed by atoms with Gasteiger partial charge in [-0.2, -0.15) is 0 Å². The average Bonchev–Trinajstić information content (AvgIpc) is 2.65. The Balaban J connectivity index is 2.40.